The Morgan fingerprint density at radius 2 is 1.75 bits per heavy atom. The van der Waals surface area contributed by atoms with Crippen molar-refractivity contribution in [1.82, 2.24) is 4.98 Å². The number of fused-ring (bicyclic) bond motifs is 1. The zero-order chi connectivity index (χ0) is 14.3. The van der Waals surface area contributed by atoms with Crippen LogP contribution in [0.3, 0.4) is 0 Å². The van der Waals surface area contributed by atoms with E-state index in [9.17, 15) is 4.79 Å². The van der Waals surface area contributed by atoms with Crippen LogP contribution in [0.1, 0.15) is 19.4 Å². The Bertz CT molecular complexity index is 652. The third-order valence-corrected chi connectivity index (χ3v) is 3.87. The largest absolute Gasteiger partial charge is 0.281 e. The molecule has 0 spiro atoms. The molecule has 0 saturated heterocycles. The molecule has 1 aliphatic heterocycles. The fourth-order valence-electron chi connectivity index (χ4n) is 2.65. The molecule has 0 atom stereocenters. The molecule has 1 amide bonds. The van der Waals surface area contributed by atoms with Crippen molar-refractivity contribution < 1.29 is 4.79 Å². The zero-order valence-corrected chi connectivity index (χ0v) is 11.9. The van der Waals surface area contributed by atoms with Crippen LogP contribution in [0.25, 0.3) is 0 Å². The molecule has 20 heavy (non-hydrogen) atoms. The Kier molecular flexibility index (Phi) is 2.74. The van der Waals surface area contributed by atoms with Crippen LogP contribution in [-0.4, -0.2) is 17.9 Å². The lowest BCUT2D eigenvalue weighted by Crippen LogP contribution is -2.46. The summed E-state index contributed by atoms with van der Waals surface area (Å²) in [7, 11) is 1.89. The van der Waals surface area contributed by atoms with Gasteiger partial charge in [0.2, 0.25) is 0 Å². The topological polar surface area (TPSA) is 36.4 Å². The van der Waals surface area contributed by atoms with E-state index in [0.29, 0.717) is 0 Å². The second-order valence-electron chi connectivity index (χ2n) is 5.49. The molecule has 2 heterocycles. The Labute approximate surface area is 118 Å². The highest BCUT2D eigenvalue weighted by Crippen LogP contribution is 2.42. The van der Waals surface area contributed by atoms with Gasteiger partial charge in [-0.25, -0.2) is 5.01 Å². The number of amides is 1. The number of hydrogen-bond acceptors (Lipinski definition) is 3. The summed E-state index contributed by atoms with van der Waals surface area (Å²) in [6.07, 6.45) is 3.45. The molecule has 102 valence electrons. The highest BCUT2D eigenvalue weighted by Gasteiger charge is 2.45. The smallest absolute Gasteiger partial charge is 0.255 e. The Balaban J connectivity index is 2.09. The van der Waals surface area contributed by atoms with Crippen LogP contribution >= 0.6 is 0 Å². The van der Waals surface area contributed by atoms with Gasteiger partial charge in [-0.2, -0.15) is 0 Å². The molecule has 1 aliphatic rings. The van der Waals surface area contributed by atoms with Crippen molar-refractivity contribution in [3.63, 3.8) is 0 Å². The van der Waals surface area contributed by atoms with E-state index >= 15 is 0 Å². The van der Waals surface area contributed by atoms with Gasteiger partial charge in [0.05, 0.1) is 16.8 Å². The molecule has 0 aliphatic carbocycles. The average molecular weight is 267 g/mol. The summed E-state index contributed by atoms with van der Waals surface area (Å²) in [5.41, 5.74) is 2.44. The summed E-state index contributed by atoms with van der Waals surface area (Å²) in [5, 5.41) is 3.61. The normalized spacial score (nSPS) is 16.1. The molecular formula is C16H17N3O. The van der Waals surface area contributed by atoms with Crippen LogP contribution in [0.2, 0.25) is 0 Å². The van der Waals surface area contributed by atoms with Crippen molar-refractivity contribution in [3.05, 3.63) is 54.4 Å². The fourth-order valence-corrected chi connectivity index (χ4v) is 2.65. The standard InChI is InChI=1S/C16H17N3O/c1-16(2)13-6-4-5-7-14(13)19(15(16)20)18(3)12-8-10-17-11-9-12/h4-11H,1-3H3. The minimum Gasteiger partial charge on any atom is -0.281 e. The summed E-state index contributed by atoms with van der Waals surface area (Å²) >= 11 is 0. The summed E-state index contributed by atoms with van der Waals surface area (Å²) < 4.78 is 0. The molecule has 0 unspecified atom stereocenters. The van der Waals surface area contributed by atoms with Crippen molar-refractivity contribution in [2.24, 2.45) is 0 Å². The van der Waals surface area contributed by atoms with E-state index in [1.807, 2.05) is 62.3 Å². The molecule has 1 aromatic heterocycles. The number of pyridine rings is 1. The van der Waals surface area contributed by atoms with Crippen LogP contribution in [-0.2, 0) is 10.2 Å². The van der Waals surface area contributed by atoms with Crippen LogP contribution in [0.5, 0.6) is 0 Å². The Morgan fingerprint density at radius 1 is 1.10 bits per heavy atom. The highest BCUT2D eigenvalue weighted by molar-refractivity contribution is 6.09. The Hall–Kier alpha value is -2.36. The molecule has 4 nitrogen and oxygen atoms in total. The first kappa shape index (κ1) is 12.7. The van der Waals surface area contributed by atoms with Crippen molar-refractivity contribution in [3.8, 4) is 0 Å². The average Bonchev–Trinajstić information content (AvgIpc) is 2.67. The van der Waals surface area contributed by atoms with Gasteiger partial charge < -0.3 is 0 Å². The van der Waals surface area contributed by atoms with Crippen LogP contribution in [0, 0.1) is 0 Å². The molecule has 2 aromatic rings. The zero-order valence-electron chi connectivity index (χ0n) is 11.9. The molecule has 0 N–H and O–H groups in total. The molecular weight excluding hydrogens is 250 g/mol. The second kappa shape index (κ2) is 4.34. The fraction of sp³-hybridized carbons (Fsp3) is 0.250. The lowest BCUT2D eigenvalue weighted by Gasteiger charge is -2.31. The lowest BCUT2D eigenvalue weighted by atomic mass is 9.86. The van der Waals surface area contributed by atoms with Gasteiger partial charge in [0.25, 0.3) is 5.91 Å². The molecule has 4 heteroatoms. The van der Waals surface area contributed by atoms with Crippen LogP contribution in [0.15, 0.2) is 48.8 Å². The third kappa shape index (κ3) is 1.68. The van der Waals surface area contributed by atoms with E-state index in [4.69, 9.17) is 0 Å². The van der Waals surface area contributed by atoms with Crippen LogP contribution in [0.4, 0.5) is 11.4 Å². The maximum Gasteiger partial charge on any atom is 0.255 e. The first-order chi connectivity index (χ1) is 9.53. The quantitative estimate of drug-likeness (QED) is 0.839. The highest BCUT2D eigenvalue weighted by atomic mass is 16.2. The number of nitrogens with zero attached hydrogens (tertiary/aromatic N) is 3. The SMILES string of the molecule is CN(c1ccncc1)N1C(=O)C(C)(C)c2ccccc21. The third-order valence-electron chi connectivity index (χ3n) is 3.87. The van der Waals surface area contributed by atoms with Gasteiger partial charge in [0.1, 0.15) is 0 Å². The van der Waals surface area contributed by atoms with Gasteiger partial charge >= 0.3 is 0 Å². The number of hydrogen-bond donors (Lipinski definition) is 0. The summed E-state index contributed by atoms with van der Waals surface area (Å²) in [6, 6.07) is 11.7. The minimum absolute atomic E-state index is 0.0815. The molecule has 0 saturated carbocycles. The van der Waals surface area contributed by atoms with E-state index < -0.39 is 5.41 Å². The molecule has 1 aromatic carbocycles. The van der Waals surface area contributed by atoms with E-state index in [-0.39, 0.29) is 5.91 Å². The van der Waals surface area contributed by atoms with E-state index in [2.05, 4.69) is 4.98 Å². The van der Waals surface area contributed by atoms with Gasteiger partial charge in [-0.1, -0.05) is 18.2 Å². The predicted molar refractivity (Wildman–Crippen MR) is 79.6 cm³/mol. The second-order valence-corrected chi connectivity index (χ2v) is 5.49. The Morgan fingerprint density at radius 3 is 2.45 bits per heavy atom. The van der Waals surface area contributed by atoms with Gasteiger partial charge in [-0.15, -0.1) is 0 Å². The maximum absolute atomic E-state index is 12.8. The first-order valence-corrected chi connectivity index (χ1v) is 6.61. The summed E-state index contributed by atoms with van der Waals surface area (Å²) in [6.45, 7) is 3.93. The molecule has 0 radical (unpaired) electrons. The molecule has 0 fully saturated rings. The monoisotopic (exact) mass is 267 g/mol. The van der Waals surface area contributed by atoms with E-state index in [0.717, 1.165) is 16.9 Å². The summed E-state index contributed by atoms with van der Waals surface area (Å²) in [5.74, 6) is 0.0815. The molecule has 3 rings (SSSR count). The number of anilines is 2. The van der Waals surface area contributed by atoms with Gasteiger partial charge in [-0.3, -0.25) is 14.8 Å². The van der Waals surface area contributed by atoms with Crippen molar-refractivity contribution in [2.45, 2.75) is 19.3 Å². The van der Waals surface area contributed by atoms with Crippen molar-refractivity contribution in [1.29, 1.82) is 0 Å². The predicted octanol–water partition coefficient (Wildman–Crippen LogP) is 2.76. The van der Waals surface area contributed by atoms with Gasteiger partial charge in [0.15, 0.2) is 0 Å². The number of rotatable bonds is 2. The van der Waals surface area contributed by atoms with Crippen molar-refractivity contribution in [2.75, 3.05) is 17.1 Å². The van der Waals surface area contributed by atoms with E-state index in [1.54, 1.807) is 17.4 Å². The van der Waals surface area contributed by atoms with Crippen molar-refractivity contribution >= 4 is 17.3 Å². The lowest BCUT2D eigenvalue weighted by molar-refractivity contribution is -0.122. The molecule has 0 bridgehead atoms. The maximum atomic E-state index is 12.8. The minimum atomic E-state index is -0.502. The number of benzene rings is 1. The van der Waals surface area contributed by atoms with Crippen LogP contribution < -0.4 is 10.0 Å². The van der Waals surface area contributed by atoms with E-state index in [1.165, 1.54) is 0 Å². The number of para-hydroxylation sites is 1. The summed E-state index contributed by atoms with van der Waals surface area (Å²) in [4.78, 5) is 16.8. The number of hydrazine groups is 1. The number of carbonyl (C=O) groups excluding carboxylic acids is 1. The first-order valence-electron chi connectivity index (χ1n) is 6.61. The number of aromatic nitrogens is 1. The number of carbonyl (C=O) groups is 1. The van der Waals surface area contributed by atoms with Gasteiger partial charge in [-0.05, 0) is 37.6 Å². The van der Waals surface area contributed by atoms with Gasteiger partial charge in [0, 0.05) is 19.4 Å².